The zero-order valence-corrected chi connectivity index (χ0v) is 17.7. The van der Waals surface area contributed by atoms with E-state index in [2.05, 4.69) is 47.2 Å². The highest BCUT2D eigenvalue weighted by Crippen LogP contribution is 2.18. The van der Waals surface area contributed by atoms with Crippen molar-refractivity contribution < 1.29 is 4.74 Å². The quantitative estimate of drug-likeness (QED) is 0.345. The topological polar surface area (TPSA) is 58.8 Å². The van der Waals surface area contributed by atoms with Crippen LogP contribution in [0.5, 0.6) is 5.88 Å². The highest BCUT2D eigenvalue weighted by atomic mass is 16.5. The van der Waals surface area contributed by atoms with Crippen LogP contribution >= 0.6 is 0 Å². The van der Waals surface area contributed by atoms with Gasteiger partial charge in [-0.2, -0.15) is 5.26 Å². The van der Waals surface area contributed by atoms with Gasteiger partial charge >= 0.3 is 0 Å². The van der Waals surface area contributed by atoms with Crippen molar-refractivity contribution in [1.29, 1.82) is 5.26 Å². The average Bonchev–Trinajstić information content (AvgIpc) is 2.81. The van der Waals surface area contributed by atoms with Crippen molar-refractivity contribution in [3.05, 3.63) is 77.6 Å². The first-order chi connectivity index (χ1) is 14.8. The minimum absolute atomic E-state index is 0.474. The molecule has 0 unspecified atom stereocenters. The molecule has 0 N–H and O–H groups in total. The van der Waals surface area contributed by atoms with Crippen LogP contribution in [0.3, 0.4) is 0 Å². The number of aryl methyl sites for hydroxylation is 1. The fraction of sp³-hybridized carbons (Fsp3) is 0.346. The largest absolute Gasteiger partial charge is 0.472 e. The highest BCUT2D eigenvalue weighted by molar-refractivity contribution is 5.59. The van der Waals surface area contributed by atoms with Gasteiger partial charge in [-0.05, 0) is 36.1 Å². The van der Waals surface area contributed by atoms with Crippen molar-refractivity contribution in [3.8, 4) is 23.2 Å². The van der Waals surface area contributed by atoms with Gasteiger partial charge in [0.05, 0.1) is 29.7 Å². The lowest BCUT2D eigenvalue weighted by Crippen LogP contribution is -1.98. The Balaban J connectivity index is 1.44. The van der Waals surface area contributed by atoms with Gasteiger partial charge < -0.3 is 4.74 Å². The van der Waals surface area contributed by atoms with Gasteiger partial charge in [0.1, 0.15) is 6.61 Å². The molecule has 30 heavy (non-hydrogen) atoms. The number of ether oxygens (including phenoxy) is 1. The Morgan fingerprint density at radius 1 is 0.800 bits per heavy atom. The summed E-state index contributed by atoms with van der Waals surface area (Å²) < 4.78 is 5.78. The summed E-state index contributed by atoms with van der Waals surface area (Å²) in [6.07, 6.45) is 12.4. The third-order valence-electron chi connectivity index (χ3n) is 5.17. The van der Waals surface area contributed by atoms with E-state index in [0.29, 0.717) is 18.1 Å². The molecule has 0 radical (unpaired) electrons. The van der Waals surface area contributed by atoms with E-state index in [-0.39, 0.29) is 0 Å². The zero-order chi connectivity index (χ0) is 21.0. The van der Waals surface area contributed by atoms with Crippen LogP contribution in [0.2, 0.25) is 0 Å². The van der Waals surface area contributed by atoms with E-state index in [1.807, 2.05) is 12.1 Å². The Labute approximate surface area is 179 Å². The van der Waals surface area contributed by atoms with Gasteiger partial charge in [-0.3, -0.25) is 0 Å². The van der Waals surface area contributed by atoms with E-state index < -0.39 is 0 Å². The van der Waals surface area contributed by atoms with Crippen molar-refractivity contribution in [3.63, 3.8) is 0 Å². The normalized spacial score (nSPS) is 10.5. The lowest BCUT2D eigenvalue weighted by atomic mass is 10.0. The smallest absolute Gasteiger partial charge is 0.232 e. The molecule has 1 heterocycles. The first kappa shape index (κ1) is 21.5. The molecule has 3 aromatic rings. The van der Waals surface area contributed by atoms with Crippen molar-refractivity contribution in [2.75, 3.05) is 0 Å². The van der Waals surface area contributed by atoms with Crippen LogP contribution in [-0.4, -0.2) is 9.97 Å². The van der Waals surface area contributed by atoms with E-state index in [0.717, 1.165) is 23.2 Å². The summed E-state index contributed by atoms with van der Waals surface area (Å²) in [6, 6.07) is 18.1. The molecule has 0 saturated carbocycles. The molecule has 3 rings (SSSR count). The summed E-state index contributed by atoms with van der Waals surface area (Å²) in [5.41, 5.74) is 4.82. The number of rotatable bonds is 11. The van der Waals surface area contributed by atoms with E-state index in [1.165, 1.54) is 44.1 Å². The fourth-order valence-electron chi connectivity index (χ4n) is 3.32. The molecule has 154 valence electrons. The summed E-state index contributed by atoms with van der Waals surface area (Å²) in [4.78, 5) is 8.77. The summed E-state index contributed by atoms with van der Waals surface area (Å²) in [5.74, 6) is 0.503. The molecule has 4 heteroatoms. The Morgan fingerprint density at radius 2 is 1.50 bits per heavy atom. The maximum atomic E-state index is 8.88. The average molecular weight is 400 g/mol. The molecular weight excluding hydrogens is 370 g/mol. The molecule has 0 atom stereocenters. The lowest BCUT2D eigenvalue weighted by molar-refractivity contribution is 0.292. The van der Waals surface area contributed by atoms with Crippen molar-refractivity contribution in [2.45, 2.75) is 58.5 Å². The molecule has 1 aromatic heterocycles. The van der Waals surface area contributed by atoms with Crippen LogP contribution in [0.1, 0.15) is 62.1 Å². The monoisotopic (exact) mass is 399 g/mol. The Bertz CT molecular complexity index is 926. The van der Waals surface area contributed by atoms with Crippen molar-refractivity contribution in [2.24, 2.45) is 0 Å². The van der Waals surface area contributed by atoms with E-state index >= 15 is 0 Å². The molecule has 4 nitrogen and oxygen atoms in total. The number of unbranched alkanes of at least 4 members (excludes halogenated alkanes) is 5. The first-order valence-corrected chi connectivity index (χ1v) is 10.8. The molecule has 0 saturated heterocycles. The molecule has 0 aliphatic heterocycles. The van der Waals surface area contributed by atoms with Gasteiger partial charge in [-0.25, -0.2) is 9.97 Å². The van der Waals surface area contributed by atoms with E-state index in [1.54, 1.807) is 24.5 Å². The lowest BCUT2D eigenvalue weighted by Gasteiger charge is -2.07. The van der Waals surface area contributed by atoms with Gasteiger partial charge in [0, 0.05) is 5.56 Å². The second kappa shape index (κ2) is 11.7. The molecule has 0 aliphatic rings. The van der Waals surface area contributed by atoms with Gasteiger partial charge in [0.2, 0.25) is 5.88 Å². The number of hydrogen-bond donors (Lipinski definition) is 0. The van der Waals surface area contributed by atoms with Crippen LogP contribution < -0.4 is 4.74 Å². The minimum Gasteiger partial charge on any atom is -0.472 e. The van der Waals surface area contributed by atoms with Gasteiger partial charge in [-0.1, -0.05) is 75.4 Å². The van der Waals surface area contributed by atoms with Crippen molar-refractivity contribution in [1.82, 2.24) is 9.97 Å². The summed E-state index contributed by atoms with van der Waals surface area (Å²) >= 11 is 0. The Morgan fingerprint density at radius 3 is 2.17 bits per heavy atom. The maximum Gasteiger partial charge on any atom is 0.232 e. The first-order valence-electron chi connectivity index (χ1n) is 10.8. The summed E-state index contributed by atoms with van der Waals surface area (Å²) in [6.45, 7) is 2.73. The number of aromatic nitrogens is 2. The number of nitriles is 1. The SMILES string of the molecule is CCCCCCCCc1ccc(COc2cnc(-c3ccc(C#N)cc3)cn2)cc1. The van der Waals surface area contributed by atoms with Crippen LogP contribution in [0.15, 0.2) is 60.9 Å². The predicted molar refractivity (Wildman–Crippen MR) is 120 cm³/mol. The standard InChI is InChI=1S/C26H29N3O/c1-2-3-4-5-6-7-8-21-9-11-23(12-10-21)20-30-26-19-28-25(18-29-26)24-15-13-22(17-27)14-16-24/h9-16,18-19H,2-8,20H2,1H3. The summed E-state index contributed by atoms with van der Waals surface area (Å²) in [7, 11) is 0. The Hall–Kier alpha value is -3.19. The number of hydrogen-bond acceptors (Lipinski definition) is 4. The van der Waals surface area contributed by atoms with Gasteiger partial charge in [-0.15, -0.1) is 0 Å². The Kier molecular flexibility index (Phi) is 8.41. The summed E-state index contributed by atoms with van der Waals surface area (Å²) in [5, 5.41) is 8.88. The van der Waals surface area contributed by atoms with E-state index in [4.69, 9.17) is 10.00 Å². The van der Waals surface area contributed by atoms with Crippen LogP contribution in [-0.2, 0) is 13.0 Å². The second-order valence-corrected chi connectivity index (χ2v) is 7.55. The van der Waals surface area contributed by atoms with Gasteiger partial charge in [0.15, 0.2) is 0 Å². The predicted octanol–water partition coefficient (Wildman–Crippen LogP) is 6.50. The second-order valence-electron chi connectivity index (χ2n) is 7.55. The maximum absolute atomic E-state index is 8.88. The third kappa shape index (κ3) is 6.70. The highest BCUT2D eigenvalue weighted by Gasteiger charge is 2.03. The number of benzene rings is 2. The van der Waals surface area contributed by atoms with Crippen LogP contribution in [0.25, 0.3) is 11.3 Å². The van der Waals surface area contributed by atoms with Gasteiger partial charge in [0.25, 0.3) is 0 Å². The molecule has 0 amide bonds. The molecule has 0 aliphatic carbocycles. The number of nitrogens with zero attached hydrogens (tertiary/aromatic N) is 3. The van der Waals surface area contributed by atoms with Crippen molar-refractivity contribution >= 4 is 0 Å². The molecule has 0 fully saturated rings. The molecule has 2 aromatic carbocycles. The van der Waals surface area contributed by atoms with Crippen LogP contribution in [0.4, 0.5) is 0 Å². The third-order valence-corrected chi connectivity index (χ3v) is 5.17. The van der Waals surface area contributed by atoms with E-state index in [9.17, 15) is 0 Å². The fourth-order valence-corrected chi connectivity index (χ4v) is 3.32. The molecule has 0 spiro atoms. The molecule has 0 bridgehead atoms. The molecular formula is C26H29N3O. The van der Waals surface area contributed by atoms with Crippen LogP contribution in [0, 0.1) is 11.3 Å². The zero-order valence-electron chi connectivity index (χ0n) is 17.7. The minimum atomic E-state index is 0.474.